The molecule has 4 aromatic rings. The van der Waals surface area contributed by atoms with Crippen molar-refractivity contribution in [3.8, 4) is 11.3 Å². The van der Waals surface area contributed by atoms with Crippen molar-refractivity contribution in [3.05, 3.63) is 70.6 Å². The number of nitrogens with one attached hydrogen (secondary N) is 1. The summed E-state index contributed by atoms with van der Waals surface area (Å²) in [5.74, 6) is 0.540. The number of benzene rings is 2. The summed E-state index contributed by atoms with van der Waals surface area (Å²) in [7, 11) is 1.83. The molecule has 0 spiro atoms. The highest BCUT2D eigenvalue weighted by atomic mass is 35.5. The van der Waals surface area contributed by atoms with Gasteiger partial charge in [-0.3, -0.25) is 0 Å². The maximum atomic E-state index is 13.4. The zero-order valence-electron chi connectivity index (χ0n) is 17.4. The first-order valence-corrected chi connectivity index (χ1v) is 11.5. The van der Waals surface area contributed by atoms with E-state index in [1.54, 1.807) is 27.3 Å². The number of halogens is 2. The Morgan fingerprint density at radius 1 is 1.12 bits per heavy atom. The molecule has 166 valence electrons. The van der Waals surface area contributed by atoms with Gasteiger partial charge in [-0.25, -0.2) is 9.07 Å². The van der Waals surface area contributed by atoms with Gasteiger partial charge >= 0.3 is 0 Å². The molecule has 0 fully saturated rings. The van der Waals surface area contributed by atoms with E-state index in [4.69, 9.17) is 11.6 Å². The molecule has 0 atom stereocenters. The lowest BCUT2D eigenvalue weighted by Crippen LogP contribution is -2.16. The molecule has 11 heteroatoms. The van der Waals surface area contributed by atoms with Crippen LogP contribution < -0.4 is 5.32 Å². The molecule has 4 rings (SSSR count). The van der Waals surface area contributed by atoms with Gasteiger partial charge in [-0.2, -0.15) is 15.0 Å². The van der Waals surface area contributed by atoms with Gasteiger partial charge < -0.3 is 5.32 Å². The van der Waals surface area contributed by atoms with Gasteiger partial charge in [0.05, 0.1) is 6.54 Å². The molecule has 32 heavy (non-hydrogen) atoms. The molecule has 0 aliphatic rings. The average molecular weight is 473 g/mol. The van der Waals surface area contributed by atoms with Gasteiger partial charge in [0.15, 0.2) is 0 Å². The Labute approximate surface area is 194 Å². The van der Waals surface area contributed by atoms with Crippen LogP contribution in [0.2, 0.25) is 5.02 Å². The first-order valence-electron chi connectivity index (χ1n) is 10.1. The van der Waals surface area contributed by atoms with E-state index in [0.717, 1.165) is 46.4 Å². The second-order valence-electron chi connectivity index (χ2n) is 7.09. The zero-order chi connectivity index (χ0) is 22.3. The second kappa shape index (κ2) is 10.7. The highest BCUT2D eigenvalue weighted by Gasteiger charge is 2.14. The summed E-state index contributed by atoms with van der Waals surface area (Å²) in [6.45, 7) is 1.77. The minimum Gasteiger partial charge on any atom is -0.311 e. The number of nitrogens with zero attached hydrogens (tertiary/aromatic N) is 7. The minimum atomic E-state index is -0.365. The third-order valence-corrected chi connectivity index (χ3v) is 6.15. The van der Waals surface area contributed by atoms with Crippen molar-refractivity contribution in [3.63, 3.8) is 0 Å². The normalized spacial score (nSPS) is 11.2. The summed E-state index contributed by atoms with van der Waals surface area (Å²) in [4.78, 5) is 1.61. The van der Waals surface area contributed by atoms with E-state index in [9.17, 15) is 4.39 Å². The van der Waals surface area contributed by atoms with Gasteiger partial charge in [0.2, 0.25) is 5.16 Å². The predicted octanol–water partition coefficient (Wildman–Crippen LogP) is 3.58. The Bertz CT molecular complexity index is 1160. The SMILES string of the molecule is Cn1nnnc1SCCCNCc1nn(Cc2ccc(F)cc2Cl)nc1-c1ccccc1. The quantitative estimate of drug-likeness (QED) is 0.279. The second-order valence-corrected chi connectivity index (χ2v) is 8.56. The summed E-state index contributed by atoms with van der Waals surface area (Å²) < 4.78 is 15.0. The summed E-state index contributed by atoms with van der Waals surface area (Å²) in [5, 5.41) is 25.4. The molecule has 0 saturated heterocycles. The number of tetrazole rings is 1. The molecule has 0 amide bonds. The van der Waals surface area contributed by atoms with Gasteiger partial charge in [-0.15, -0.1) is 5.10 Å². The van der Waals surface area contributed by atoms with Crippen LogP contribution in [0.1, 0.15) is 17.7 Å². The average Bonchev–Trinajstić information content (AvgIpc) is 3.39. The van der Waals surface area contributed by atoms with Crippen LogP contribution in [-0.2, 0) is 20.1 Å². The van der Waals surface area contributed by atoms with Gasteiger partial charge in [-0.05, 0) is 41.1 Å². The van der Waals surface area contributed by atoms with Crippen molar-refractivity contribution < 1.29 is 4.39 Å². The molecule has 0 saturated carbocycles. The molecule has 0 aliphatic heterocycles. The van der Waals surface area contributed by atoms with Crippen molar-refractivity contribution in [2.24, 2.45) is 7.05 Å². The molecule has 8 nitrogen and oxygen atoms in total. The van der Waals surface area contributed by atoms with Crippen molar-refractivity contribution >= 4 is 23.4 Å². The Kier molecular flexibility index (Phi) is 7.46. The maximum Gasteiger partial charge on any atom is 0.209 e. The fourth-order valence-electron chi connectivity index (χ4n) is 3.11. The lowest BCUT2D eigenvalue weighted by molar-refractivity contribution is 0.574. The van der Waals surface area contributed by atoms with E-state index in [1.807, 2.05) is 37.4 Å². The minimum absolute atomic E-state index is 0.360. The smallest absolute Gasteiger partial charge is 0.209 e. The molecular formula is C21H22ClFN8S. The molecule has 0 radical (unpaired) electrons. The lowest BCUT2D eigenvalue weighted by Gasteiger charge is -2.04. The van der Waals surface area contributed by atoms with Crippen molar-refractivity contribution in [2.45, 2.75) is 24.7 Å². The number of rotatable bonds is 10. The van der Waals surface area contributed by atoms with Gasteiger partial charge in [0, 0.05) is 29.9 Å². The van der Waals surface area contributed by atoms with Gasteiger partial charge in [0.1, 0.15) is 17.2 Å². The topological polar surface area (TPSA) is 86.3 Å². The Morgan fingerprint density at radius 2 is 1.97 bits per heavy atom. The van der Waals surface area contributed by atoms with Crippen LogP contribution in [0.25, 0.3) is 11.3 Å². The summed E-state index contributed by atoms with van der Waals surface area (Å²) in [6.07, 6.45) is 0.956. The van der Waals surface area contributed by atoms with Crippen LogP contribution in [0.15, 0.2) is 53.7 Å². The van der Waals surface area contributed by atoms with Crippen molar-refractivity contribution in [1.82, 2.24) is 40.5 Å². The van der Waals surface area contributed by atoms with E-state index in [2.05, 4.69) is 31.0 Å². The largest absolute Gasteiger partial charge is 0.311 e. The highest BCUT2D eigenvalue weighted by molar-refractivity contribution is 7.99. The number of aromatic nitrogens is 7. The summed E-state index contributed by atoms with van der Waals surface area (Å²) >= 11 is 7.81. The number of hydrogen-bond acceptors (Lipinski definition) is 7. The molecule has 0 bridgehead atoms. The van der Waals surface area contributed by atoms with Crippen LogP contribution >= 0.6 is 23.4 Å². The Balaban J connectivity index is 1.40. The molecule has 2 aromatic carbocycles. The third-order valence-electron chi connectivity index (χ3n) is 4.70. The summed E-state index contributed by atoms with van der Waals surface area (Å²) in [5.41, 5.74) is 3.42. The van der Waals surface area contributed by atoms with Crippen LogP contribution in [-0.4, -0.2) is 47.5 Å². The Hall–Kier alpha value is -2.82. The van der Waals surface area contributed by atoms with E-state index in [0.29, 0.717) is 18.1 Å². The lowest BCUT2D eigenvalue weighted by atomic mass is 10.1. The first kappa shape index (κ1) is 22.4. The molecule has 0 unspecified atom stereocenters. The molecular weight excluding hydrogens is 451 g/mol. The van der Waals surface area contributed by atoms with Crippen molar-refractivity contribution in [2.75, 3.05) is 12.3 Å². The van der Waals surface area contributed by atoms with E-state index in [1.165, 1.54) is 12.1 Å². The standard InChI is InChI=1S/C21H22ClFN8S/c1-30-21(25-28-29-30)32-11-5-10-24-13-19-20(15-6-3-2-4-7-15)27-31(26-19)14-16-8-9-17(23)12-18(16)22/h2-4,6-9,12,24H,5,10-11,13-14H2,1H3. The van der Waals surface area contributed by atoms with Gasteiger partial charge in [0.25, 0.3) is 0 Å². The van der Waals surface area contributed by atoms with Crippen LogP contribution in [0.3, 0.4) is 0 Å². The molecule has 2 aromatic heterocycles. The number of hydrogen-bond donors (Lipinski definition) is 1. The number of thioether (sulfide) groups is 1. The number of aryl methyl sites for hydroxylation is 1. The van der Waals surface area contributed by atoms with Crippen LogP contribution in [0.5, 0.6) is 0 Å². The Morgan fingerprint density at radius 3 is 2.72 bits per heavy atom. The van der Waals surface area contributed by atoms with E-state index >= 15 is 0 Å². The third kappa shape index (κ3) is 5.70. The van der Waals surface area contributed by atoms with Crippen LogP contribution in [0, 0.1) is 5.82 Å². The molecule has 1 N–H and O–H groups in total. The monoisotopic (exact) mass is 472 g/mol. The van der Waals surface area contributed by atoms with E-state index in [-0.39, 0.29) is 5.82 Å². The maximum absolute atomic E-state index is 13.4. The molecule has 2 heterocycles. The fraction of sp³-hybridized carbons (Fsp3) is 0.286. The molecule has 0 aliphatic carbocycles. The summed E-state index contributed by atoms with van der Waals surface area (Å²) in [6, 6.07) is 14.3. The van der Waals surface area contributed by atoms with Crippen LogP contribution in [0.4, 0.5) is 4.39 Å². The fourth-order valence-corrected chi connectivity index (χ4v) is 4.12. The highest BCUT2D eigenvalue weighted by Crippen LogP contribution is 2.22. The first-order chi connectivity index (χ1) is 15.6. The van der Waals surface area contributed by atoms with E-state index < -0.39 is 0 Å². The van der Waals surface area contributed by atoms with Gasteiger partial charge in [-0.1, -0.05) is 59.8 Å². The van der Waals surface area contributed by atoms with Crippen molar-refractivity contribution in [1.29, 1.82) is 0 Å². The zero-order valence-corrected chi connectivity index (χ0v) is 19.0. The predicted molar refractivity (Wildman–Crippen MR) is 122 cm³/mol.